The van der Waals surface area contributed by atoms with E-state index in [1.54, 1.807) is 30.2 Å². The first kappa shape index (κ1) is 13.2. The molecular weight excluding hydrogens is 242 g/mol. The summed E-state index contributed by atoms with van der Waals surface area (Å²) in [6.45, 7) is 2.02. The van der Waals surface area contributed by atoms with Crippen molar-refractivity contribution in [3.8, 4) is 5.69 Å². The average molecular weight is 259 g/mol. The Morgan fingerprint density at radius 1 is 1.47 bits per heavy atom. The zero-order chi connectivity index (χ0) is 13.8. The highest BCUT2D eigenvalue weighted by atomic mass is 16.1. The third-order valence-corrected chi connectivity index (χ3v) is 2.90. The fraction of sp³-hybridized carbons (Fsp3) is 0.308. The summed E-state index contributed by atoms with van der Waals surface area (Å²) in [5.41, 5.74) is 7.92. The predicted molar refractivity (Wildman–Crippen MR) is 72.0 cm³/mol. The van der Waals surface area contributed by atoms with Crippen molar-refractivity contribution in [3.05, 3.63) is 42.0 Å². The molecule has 0 fully saturated rings. The lowest BCUT2D eigenvalue weighted by atomic mass is 10.1. The molecule has 0 aliphatic carbocycles. The van der Waals surface area contributed by atoms with Crippen molar-refractivity contribution in [2.24, 2.45) is 5.73 Å². The SMILES string of the molecule is CCC(N)c1ccc(-n2ccc(C(=O)NC)n2)cn1. The van der Waals surface area contributed by atoms with Crippen LogP contribution in [0.15, 0.2) is 30.6 Å². The van der Waals surface area contributed by atoms with Crippen LogP contribution in [0.3, 0.4) is 0 Å². The maximum atomic E-state index is 11.4. The molecule has 2 aromatic rings. The van der Waals surface area contributed by atoms with Crippen molar-refractivity contribution in [2.75, 3.05) is 7.05 Å². The standard InChI is InChI=1S/C13H17N5O/c1-3-10(14)11-5-4-9(8-16-11)18-7-6-12(17-18)13(19)15-2/h4-8,10H,3,14H2,1-2H3,(H,15,19). The largest absolute Gasteiger partial charge is 0.354 e. The van der Waals surface area contributed by atoms with E-state index < -0.39 is 0 Å². The normalized spacial score (nSPS) is 12.2. The van der Waals surface area contributed by atoms with Crippen LogP contribution >= 0.6 is 0 Å². The van der Waals surface area contributed by atoms with Gasteiger partial charge in [-0.3, -0.25) is 9.78 Å². The Balaban J connectivity index is 2.22. The summed E-state index contributed by atoms with van der Waals surface area (Å²) in [6, 6.07) is 5.38. The number of nitrogens with one attached hydrogen (secondary N) is 1. The van der Waals surface area contributed by atoms with Gasteiger partial charge in [-0.15, -0.1) is 0 Å². The van der Waals surface area contributed by atoms with Gasteiger partial charge in [-0.1, -0.05) is 6.92 Å². The number of rotatable bonds is 4. The number of hydrogen-bond donors (Lipinski definition) is 2. The van der Waals surface area contributed by atoms with E-state index in [2.05, 4.69) is 15.4 Å². The number of carbonyl (C=O) groups is 1. The molecule has 0 spiro atoms. The van der Waals surface area contributed by atoms with Crippen LogP contribution in [0.2, 0.25) is 0 Å². The van der Waals surface area contributed by atoms with Crippen LogP contribution in [0.25, 0.3) is 5.69 Å². The van der Waals surface area contributed by atoms with Crippen LogP contribution in [0, 0.1) is 0 Å². The molecule has 1 unspecified atom stereocenters. The second-order valence-electron chi connectivity index (χ2n) is 4.18. The zero-order valence-electron chi connectivity index (χ0n) is 11.0. The third kappa shape index (κ3) is 2.79. The molecule has 1 atom stereocenters. The Labute approximate surface area is 111 Å². The number of hydrogen-bond acceptors (Lipinski definition) is 4. The summed E-state index contributed by atoms with van der Waals surface area (Å²) >= 11 is 0. The fourth-order valence-electron chi connectivity index (χ4n) is 1.68. The van der Waals surface area contributed by atoms with Crippen LogP contribution in [0.1, 0.15) is 35.6 Å². The first-order valence-corrected chi connectivity index (χ1v) is 6.15. The predicted octanol–water partition coefficient (Wildman–Crippen LogP) is 1.04. The van der Waals surface area contributed by atoms with Gasteiger partial charge in [0, 0.05) is 19.3 Å². The number of pyridine rings is 1. The van der Waals surface area contributed by atoms with Crippen molar-refractivity contribution in [1.29, 1.82) is 0 Å². The molecule has 0 saturated heterocycles. The van der Waals surface area contributed by atoms with Gasteiger partial charge in [0.15, 0.2) is 5.69 Å². The van der Waals surface area contributed by atoms with Gasteiger partial charge in [-0.2, -0.15) is 5.10 Å². The smallest absolute Gasteiger partial charge is 0.271 e. The Kier molecular flexibility index (Phi) is 3.91. The minimum Gasteiger partial charge on any atom is -0.354 e. The lowest BCUT2D eigenvalue weighted by Gasteiger charge is -2.08. The van der Waals surface area contributed by atoms with Crippen LogP contribution in [0.4, 0.5) is 0 Å². The molecule has 2 rings (SSSR count). The molecular formula is C13H17N5O. The minimum atomic E-state index is -0.212. The topological polar surface area (TPSA) is 85.8 Å². The van der Waals surface area contributed by atoms with E-state index in [4.69, 9.17) is 5.73 Å². The van der Waals surface area contributed by atoms with Crippen LogP contribution in [-0.2, 0) is 0 Å². The maximum absolute atomic E-state index is 11.4. The Bertz CT molecular complexity index is 561. The molecule has 0 radical (unpaired) electrons. The van der Waals surface area contributed by atoms with E-state index in [-0.39, 0.29) is 11.9 Å². The lowest BCUT2D eigenvalue weighted by Crippen LogP contribution is -2.18. The van der Waals surface area contributed by atoms with Crippen LogP contribution in [0.5, 0.6) is 0 Å². The van der Waals surface area contributed by atoms with Crippen molar-refractivity contribution in [2.45, 2.75) is 19.4 Å². The van der Waals surface area contributed by atoms with Gasteiger partial charge in [0.2, 0.25) is 0 Å². The van der Waals surface area contributed by atoms with Crippen molar-refractivity contribution in [3.63, 3.8) is 0 Å². The van der Waals surface area contributed by atoms with E-state index in [1.165, 1.54) is 0 Å². The van der Waals surface area contributed by atoms with Gasteiger partial charge in [0.1, 0.15) is 0 Å². The quantitative estimate of drug-likeness (QED) is 0.859. The van der Waals surface area contributed by atoms with Gasteiger partial charge < -0.3 is 11.1 Å². The first-order valence-electron chi connectivity index (χ1n) is 6.15. The third-order valence-electron chi connectivity index (χ3n) is 2.90. The van der Waals surface area contributed by atoms with Crippen LogP contribution < -0.4 is 11.1 Å². The summed E-state index contributed by atoms with van der Waals surface area (Å²) < 4.78 is 1.61. The Morgan fingerprint density at radius 2 is 2.26 bits per heavy atom. The van der Waals surface area contributed by atoms with Crippen molar-refractivity contribution < 1.29 is 4.79 Å². The summed E-state index contributed by atoms with van der Waals surface area (Å²) in [6.07, 6.45) is 4.27. The highest BCUT2D eigenvalue weighted by molar-refractivity contribution is 5.91. The molecule has 2 heterocycles. The molecule has 100 valence electrons. The molecule has 6 nitrogen and oxygen atoms in total. The van der Waals surface area contributed by atoms with E-state index in [1.807, 2.05) is 19.1 Å². The molecule has 0 aliphatic rings. The zero-order valence-corrected chi connectivity index (χ0v) is 11.0. The monoisotopic (exact) mass is 259 g/mol. The Morgan fingerprint density at radius 3 is 2.84 bits per heavy atom. The molecule has 1 amide bonds. The molecule has 0 saturated carbocycles. The first-order chi connectivity index (χ1) is 9.15. The lowest BCUT2D eigenvalue weighted by molar-refractivity contribution is 0.0957. The Hall–Kier alpha value is -2.21. The number of amides is 1. The molecule has 19 heavy (non-hydrogen) atoms. The van der Waals surface area contributed by atoms with Gasteiger partial charge in [0.05, 0.1) is 17.6 Å². The van der Waals surface area contributed by atoms with Crippen molar-refractivity contribution in [1.82, 2.24) is 20.1 Å². The fourth-order valence-corrected chi connectivity index (χ4v) is 1.68. The van der Waals surface area contributed by atoms with E-state index in [0.29, 0.717) is 5.69 Å². The molecule has 0 bridgehead atoms. The summed E-state index contributed by atoms with van der Waals surface area (Å²) in [7, 11) is 1.57. The second-order valence-corrected chi connectivity index (χ2v) is 4.18. The number of nitrogens with two attached hydrogens (primary N) is 1. The van der Waals surface area contributed by atoms with Gasteiger partial charge in [0.25, 0.3) is 5.91 Å². The number of carbonyl (C=O) groups excluding carboxylic acids is 1. The van der Waals surface area contributed by atoms with E-state index >= 15 is 0 Å². The molecule has 0 aliphatic heterocycles. The van der Waals surface area contributed by atoms with Crippen LogP contribution in [-0.4, -0.2) is 27.7 Å². The second kappa shape index (κ2) is 5.62. The highest BCUT2D eigenvalue weighted by Gasteiger charge is 2.09. The summed E-state index contributed by atoms with van der Waals surface area (Å²) in [5, 5.41) is 6.71. The maximum Gasteiger partial charge on any atom is 0.271 e. The molecule has 6 heteroatoms. The van der Waals surface area contributed by atoms with Gasteiger partial charge in [-0.05, 0) is 24.6 Å². The van der Waals surface area contributed by atoms with E-state index in [9.17, 15) is 4.79 Å². The number of aromatic nitrogens is 3. The van der Waals surface area contributed by atoms with E-state index in [0.717, 1.165) is 17.8 Å². The highest BCUT2D eigenvalue weighted by Crippen LogP contribution is 2.13. The number of nitrogens with zero attached hydrogens (tertiary/aromatic N) is 3. The molecule has 2 aromatic heterocycles. The molecule has 3 N–H and O–H groups in total. The van der Waals surface area contributed by atoms with Gasteiger partial charge >= 0.3 is 0 Å². The average Bonchev–Trinajstić information content (AvgIpc) is 2.95. The minimum absolute atomic E-state index is 0.0481. The van der Waals surface area contributed by atoms with Crippen molar-refractivity contribution >= 4 is 5.91 Å². The summed E-state index contributed by atoms with van der Waals surface area (Å²) in [4.78, 5) is 15.7. The van der Waals surface area contributed by atoms with Gasteiger partial charge in [-0.25, -0.2) is 4.68 Å². The molecule has 0 aromatic carbocycles. The summed E-state index contributed by atoms with van der Waals surface area (Å²) in [5.74, 6) is -0.212.